The lowest BCUT2D eigenvalue weighted by Crippen LogP contribution is -2.38. The number of hydrogen-bond acceptors (Lipinski definition) is 3. The Balaban J connectivity index is 2.07. The van der Waals surface area contributed by atoms with Gasteiger partial charge in [0.2, 0.25) is 11.8 Å². The van der Waals surface area contributed by atoms with Crippen LogP contribution in [0.15, 0.2) is 30.5 Å². The van der Waals surface area contributed by atoms with Crippen molar-refractivity contribution in [3.8, 4) is 0 Å². The van der Waals surface area contributed by atoms with E-state index in [0.29, 0.717) is 6.42 Å². The van der Waals surface area contributed by atoms with Gasteiger partial charge in [-0.2, -0.15) is 0 Å². The van der Waals surface area contributed by atoms with Crippen molar-refractivity contribution in [2.45, 2.75) is 39.7 Å². The third kappa shape index (κ3) is 4.94. The zero-order valence-corrected chi connectivity index (χ0v) is 15.4. The van der Waals surface area contributed by atoms with Gasteiger partial charge in [0, 0.05) is 19.7 Å². The molecule has 2 N–H and O–H groups in total. The predicted molar refractivity (Wildman–Crippen MR) is 98.9 cm³/mol. The number of benzene rings is 1. The Kier molecular flexibility index (Phi) is 6.55. The van der Waals surface area contributed by atoms with Crippen molar-refractivity contribution in [2.24, 2.45) is 11.8 Å². The molecule has 0 saturated heterocycles. The predicted octanol–water partition coefficient (Wildman–Crippen LogP) is 2.81. The zero-order chi connectivity index (χ0) is 19.3. The van der Waals surface area contributed by atoms with Crippen molar-refractivity contribution in [1.29, 1.82) is 0 Å². The van der Waals surface area contributed by atoms with Gasteiger partial charge in [0.25, 0.3) is 0 Å². The second-order valence-corrected chi connectivity index (χ2v) is 7.06. The van der Waals surface area contributed by atoms with Crippen LogP contribution in [-0.4, -0.2) is 34.3 Å². The fraction of sp³-hybridized carbons (Fsp3) is 0.450. The maximum absolute atomic E-state index is 12.4. The Bertz CT molecular complexity index is 712. The van der Waals surface area contributed by atoms with E-state index in [2.05, 4.69) is 5.32 Å². The summed E-state index contributed by atoms with van der Waals surface area (Å²) in [6, 6.07) is 7.25. The van der Waals surface area contributed by atoms with E-state index < -0.39 is 11.9 Å². The van der Waals surface area contributed by atoms with Gasteiger partial charge in [-0.1, -0.05) is 38.1 Å². The quantitative estimate of drug-likeness (QED) is 0.785. The highest BCUT2D eigenvalue weighted by Crippen LogP contribution is 2.32. The summed E-state index contributed by atoms with van der Waals surface area (Å²) in [5, 5.41) is 12.0. The lowest BCUT2D eigenvalue weighted by Gasteiger charge is -2.32. The third-order valence-corrected chi connectivity index (χ3v) is 4.50. The molecule has 2 atom stereocenters. The fourth-order valence-corrected chi connectivity index (χ4v) is 3.24. The van der Waals surface area contributed by atoms with Gasteiger partial charge in [0.15, 0.2) is 0 Å². The number of hydrogen-bond donors (Lipinski definition) is 2. The molecule has 140 valence electrons. The Morgan fingerprint density at radius 1 is 1.23 bits per heavy atom. The van der Waals surface area contributed by atoms with Gasteiger partial charge in [0.1, 0.15) is 0 Å². The highest BCUT2D eigenvalue weighted by atomic mass is 16.4. The summed E-state index contributed by atoms with van der Waals surface area (Å²) in [5.41, 5.74) is 1.89. The van der Waals surface area contributed by atoms with Gasteiger partial charge in [-0.25, -0.2) is 0 Å². The minimum absolute atomic E-state index is 0.0922. The number of aliphatic carboxylic acids is 1. The van der Waals surface area contributed by atoms with Gasteiger partial charge in [-0.05, 0) is 29.5 Å². The lowest BCUT2D eigenvalue weighted by molar-refractivity contribution is -0.142. The van der Waals surface area contributed by atoms with E-state index in [-0.39, 0.29) is 36.7 Å². The first kappa shape index (κ1) is 19.7. The molecule has 0 radical (unpaired) electrons. The first-order chi connectivity index (χ1) is 12.3. The molecule has 6 heteroatoms. The van der Waals surface area contributed by atoms with Crippen LogP contribution in [0.1, 0.15) is 50.8 Å². The van der Waals surface area contributed by atoms with Crippen LogP contribution >= 0.6 is 0 Å². The summed E-state index contributed by atoms with van der Waals surface area (Å²) >= 11 is 0. The summed E-state index contributed by atoms with van der Waals surface area (Å²) in [5.74, 6) is -1.69. The Labute approximate surface area is 153 Å². The minimum atomic E-state index is -0.907. The topological polar surface area (TPSA) is 86.7 Å². The molecular weight excluding hydrogens is 332 g/mol. The SMILES string of the molecule is CC(=O)N1C=Cc2ccccc2[C@H]1CC(=O)NC[C@H](CC(C)C)C(=O)O. The largest absolute Gasteiger partial charge is 0.481 e. The molecule has 0 bridgehead atoms. The molecule has 0 aliphatic carbocycles. The van der Waals surface area contributed by atoms with Gasteiger partial charge >= 0.3 is 5.97 Å². The molecule has 1 heterocycles. The molecule has 0 fully saturated rings. The lowest BCUT2D eigenvalue weighted by atomic mass is 9.93. The number of amides is 2. The van der Waals surface area contributed by atoms with Crippen molar-refractivity contribution in [3.05, 3.63) is 41.6 Å². The van der Waals surface area contributed by atoms with Crippen molar-refractivity contribution in [1.82, 2.24) is 10.2 Å². The average molecular weight is 358 g/mol. The molecule has 26 heavy (non-hydrogen) atoms. The normalized spacial score (nSPS) is 16.9. The van der Waals surface area contributed by atoms with Crippen LogP contribution in [-0.2, 0) is 14.4 Å². The molecule has 6 nitrogen and oxygen atoms in total. The number of fused-ring (bicyclic) bond motifs is 1. The molecule has 1 aliphatic heterocycles. The Morgan fingerprint density at radius 2 is 1.92 bits per heavy atom. The molecule has 0 unspecified atom stereocenters. The molecule has 1 aliphatic rings. The molecular formula is C20H26N2O4. The Hall–Kier alpha value is -2.63. The van der Waals surface area contributed by atoms with Crippen molar-refractivity contribution < 1.29 is 19.5 Å². The molecule has 0 aromatic heterocycles. The van der Waals surface area contributed by atoms with Crippen molar-refractivity contribution >= 4 is 23.9 Å². The molecule has 0 spiro atoms. The Morgan fingerprint density at radius 3 is 2.54 bits per heavy atom. The number of rotatable bonds is 7. The molecule has 1 aromatic rings. The summed E-state index contributed by atoms with van der Waals surface area (Å²) in [4.78, 5) is 37.3. The molecule has 2 rings (SSSR count). The van der Waals surface area contributed by atoms with Crippen LogP contribution in [0.25, 0.3) is 6.08 Å². The number of carboxylic acid groups (broad SMARTS) is 1. The fourth-order valence-electron chi connectivity index (χ4n) is 3.24. The number of carbonyl (C=O) groups excluding carboxylic acids is 2. The summed E-state index contributed by atoms with van der Waals surface area (Å²) < 4.78 is 0. The molecule has 2 amide bonds. The van der Waals surface area contributed by atoms with E-state index >= 15 is 0 Å². The number of carboxylic acids is 1. The van der Waals surface area contributed by atoms with Gasteiger partial charge in [-0.15, -0.1) is 0 Å². The van der Waals surface area contributed by atoms with E-state index in [1.807, 2.05) is 44.2 Å². The van der Waals surface area contributed by atoms with Crippen molar-refractivity contribution in [3.63, 3.8) is 0 Å². The first-order valence-electron chi connectivity index (χ1n) is 8.85. The highest BCUT2D eigenvalue weighted by Gasteiger charge is 2.28. The van der Waals surface area contributed by atoms with Crippen LogP contribution in [0, 0.1) is 11.8 Å². The van der Waals surface area contributed by atoms with E-state index in [9.17, 15) is 19.5 Å². The van der Waals surface area contributed by atoms with Crippen LogP contribution < -0.4 is 5.32 Å². The second-order valence-electron chi connectivity index (χ2n) is 7.06. The van der Waals surface area contributed by atoms with Crippen LogP contribution in [0.2, 0.25) is 0 Å². The minimum Gasteiger partial charge on any atom is -0.481 e. The van der Waals surface area contributed by atoms with Gasteiger partial charge < -0.3 is 15.3 Å². The van der Waals surface area contributed by atoms with E-state index in [4.69, 9.17) is 0 Å². The van der Waals surface area contributed by atoms with Crippen LogP contribution in [0.3, 0.4) is 0 Å². The maximum atomic E-state index is 12.4. The summed E-state index contributed by atoms with van der Waals surface area (Å²) in [6.07, 6.45) is 4.15. The van der Waals surface area contributed by atoms with E-state index in [0.717, 1.165) is 11.1 Å². The average Bonchev–Trinajstić information content (AvgIpc) is 2.58. The standard InChI is InChI=1S/C20H26N2O4/c1-13(2)10-16(20(25)26)12-21-19(24)11-18-17-7-5-4-6-15(17)8-9-22(18)14(3)23/h4-9,13,16,18H,10-12H2,1-3H3,(H,21,24)(H,25,26)/t16-,18+/m0/s1. The van der Waals surface area contributed by atoms with Crippen molar-refractivity contribution in [2.75, 3.05) is 6.54 Å². The van der Waals surface area contributed by atoms with E-state index in [1.54, 1.807) is 11.1 Å². The van der Waals surface area contributed by atoms with E-state index in [1.165, 1.54) is 6.92 Å². The summed E-state index contributed by atoms with van der Waals surface area (Å²) in [6.45, 7) is 5.46. The number of carbonyl (C=O) groups is 3. The maximum Gasteiger partial charge on any atom is 0.308 e. The number of nitrogens with one attached hydrogen (secondary N) is 1. The summed E-state index contributed by atoms with van der Waals surface area (Å²) in [7, 11) is 0. The smallest absolute Gasteiger partial charge is 0.308 e. The highest BCUT2D eigenvalue weighted by molar-refractivity contribution is 5.82. The number of nitrogens with zero attached hydrogens (tertiary/aromatic N) is 1. The second kappa shape index (κ2) is 8.65. The van der Waals surface area contributed by atoms with Crippen LogP contribution in [0.5, 0.6) is 0 Å². The zero-order valence-electron chi connectivity index (χ0n) is 15.4. The van der Waals surface area contributed by atoms with Crippen LogP contribution in [0.4, 0.5) is 0 Å². The van der Waals surface area contributed by atoms with Gasteiger partial charge in [-0.3, -0.25) is 14.4 Å². The third-order valence-electron chi connectivity index (χ3n) is 4.50. The molecule has 1 aromatic carbocycles. The molecule has 0 saturated carbocycles. The monoisotopic (exact) mass is 358 g/mol. The first-order valence-corrected chi connectivity index (χ1v) is 8.85. The van der Waals surface area contributed by atoms with Gasteiger partial charge in [0.05, 0.1) is 18.4 Å².